The van der Waals surface area contributed by atoms with Crippen molar-refractivity contribution in [3.63, 3.8) is 0 Å². The van der Waals surface area contributed by atoms with E-state index in [0.717, 1.165) is 11.1 Å². The Hall–Kier alpha value is -3.13. The summed E-state index contributed by atoms with van der Waals surface area (Å²) >= 11 is 0. The number of halogens is 1. The third kappa shape index (κ3) is 2.35. The quantitative estimate of drug-likeness (QED) is 0.732. The van der Waals surface area contributed by atoms with Crippen LogP contribution in [0.1, 0.15) is 5.56 Å². The summed E-state index contributed by atoms with van der Waals surface area (Å²) in [5.41, 5.74) is 8.55. The molecule has 2 N–H and O–H groups in total. The zero-order valence-corrected chi connectivity index (χ0v) is 11.0. The highest BCUT2D eigenvalue weighted by molar-refractivity contribution is 5.66. The van der Waals surface area contributed by atoms with Gasteiger partial charge in [0.05, 0.1) is 11.9 Å². The molecular formula is C16H11FN4. The number of nitrogens with two attached hydrogens (primary N) is 1. The molecule has 0 atom stereocenters. The molecule has 0 fully saturated rings. The monoisotopic (exact) mass is 278 g/mol. The maximum atomic E-state index is 13.6. The van der Waals surface area contributed by atoms with Crippen molar-refractivity contribution in [3.8, 4) is 22.9 Å². The van der Waals surface area contributed by atoms with Crippen molar-refractivity contribution >= 4 is 5.69 Å². The molecule has 0 aliphatic rings. The van der Waals surface area contributed by atoms with Crippen molar-refractivity contribution in [3.05, 3.63) is 66.2 Å². The largest absolute Gasteiger partial charge is 0.399 e. The van der Waals surface area contributed by atoms with Crippen LogP contribution < -0.4 is 5.73 Å². The number of aromatic nitrogens is 2. The highest BCUT2D eigenvalue weighted by atomic mass is 19.1. The maximum absolute atomic E-state index is 13.6. The van der Waals surface area contributed by atoms with Crippen LogP contribution in [0.25, 0.3) is 16.8 Å². The predicted molar refractivity (Wildman–Crippen MR) is 78.1 cm³/mol. The molecule has 0 bridgehead atoms. The molecule has 0 amide bonds. The third-order valence-electron chi connectivity index (χ3n) is 3.15. The Morgan fingerprint density at radius 1 is 1.14 bits per heavy atom. The number of nitrogen functional groups attached to an aromatic ring is 1. The molecule has 0 saturated carbocycles. The van der Waals surface area contributed by atoms with E-state index < -0.39 is 5.82 Å². The van der Waals surface area contributed by atoms with E-state index >= 15 is 0 Å². The lowest BCUT2D eigenvalue weighted by Gasteiger charge is -2.04. The molecule has 102 valence electrons. The maximum Gasteiger partial charge on any atom is 0.143 e. The molecule has 0 aliphatic heterocycles. The normalized spacial score (nSPS) is 10.3. The van der Waals surface area contributed by atoms with Crippen LogP contribution in [0.15, 0.2) is 54.9 Å². The molecule has 0 radical (unpaired) electrons. The van der Waals surface area contributed by atoms with E-state index in [1.165, 1.54) is 10.7 Å². The average molecular weight is 278 g/mol. The summed E-state index contributed by atoms with van der Waals surface area (Å²) < 4.78 is 15.1. The van der Waals surface area contributed by atoms with E-state index in [4.69, 9.17) is 11.0 Å². The summed E-state index contributed by atoms with van der Waals surface area (Å²) in [7, 11) is 0. The van der Waals surface area contributed by atoms with E-state index in [9.17, 15) is 4.39 Å². The SMILES string of the molecule is N#Cc1c(F)cccc1-n1cc(-c2cccc(N)c2)cn1. The molecular weight excluding hydrogens is 267 g/mol. The fraction of sp³-hybridized carbons (Fsp3) is 0. The Kier molecular flexibility index (Phi) is 3.13. The molecule has 21 heavy (non-hydrogen) atoms. The lowest BCUT2D eigenvalue weighted by Crippen LogP contribution is -1.99. The number of hydrogen-bond donors (Lipinski definition) is 1. The highest BCUT2D eigenvalue weighted by Gasteiger charge is 2.11. The number of anilines is 1. The first-order valence-electron chi connectivity index (χ1n) is 6.28. The van der Waals surface area contributed by atoms with Crippen LogP contribution in [0.3, 0.4) is 0 Å². The minimum atomic E-state index is -0.559. The highest BCUT2D eigenvalue weighted by Crippen LogP contribution is 2.23. The molecule has 1 heterocycles. The summed E-state index contributed by atoms with van der Waals surface area (Å²) in [6.45, 7) is 0. The zero-order chi connectivity index (χ0) is 14.8. The molecule has 5 heteroatoms. The third-order valence-corrected chi connectivity index (χ3v) is 3.15. The Balaban J connectivity index is 2.08. The summed E-state index contributed by atoms with van der Waals surface area (Å²) in [4.78, 5) is 0. The van der Waals surface area contributed by atoms with Gasteiger partial charge >= 0.3 is 0 Å². The summed E-state index contributed by atoms with van der Waals surface area (Å²) in [5, 5.41) is 13.3. The van der Waals surface area contributed by atoms with Crippen LogP contribution in [-0.2, 0) is 0 Å². The van der Waals surface area contributed by atoms with E-state index in [1.54, 1.807) is 30.6 Å². The number of hydrogen-bond acceptors (Lipinski definition) is 3. The smallest absolute Gasteiger partial charge is 0.143 e. The van der Waals surface area contributed by atoms with Gasteiger partial charge in [0.2, 0.25) is 0 Å². The van der Waals surface area contributed by atoms with E-state index in [0.29, 0.717) is 11.4 Å². The second kappa shape index (κ2) is 5.10. The molecule has 4 nitrogen and oxygen atoms in total. The zero-order valence-electron chi connectivity index (χ0n) is 11.0. The van der Waals surface area contributed by atoms with E-state index in [1.807, 2.05) is 24.3 Å². The fourth-order valence-electron chi connectivity index (χ4n) is 2.14. The summed E-state index contributed by atoms with van der Waals surface area (Å²) in [6.07, 6.45) is 3.39. The number of benzene rings is 2. The minimum absolute atomic E-state index is 0.0280. The van der Waals surface area contributed by atoms with Gasteiger partial charge in [-0.1, -0.05) is 18.2 Å². The van der Waals surface area contributed by atoms with Gasteiger partial charge in [-0.3, -0.25) is 0 Å². The second-order valence-electron chi connectivity index (χ2n) is 4.54. The number of nitriles is 1. The Morgan fingerprint density at radius 2 is 1.95 bits per heavy atom. The van der Waals surface area contributed by atoms with Crippen LogP contribution in [0.4, 0.5) is 10.1 Å². The van der Waals surface area contributed by atoms with E-state index in [-0.39, 0.29) is 5.56 Å². The predicted octanol–water partition coefficient (Wildman–Crippen LogP) is 3.13. The van der Waals surface area contributed by atoms with Crippen LogP contribution >= 0.6 is 0 Å². The molecule has 3 aromatic rings. The Labute approximate surface area is 120 Å². The van der Waals surface area contributed by atoms with Crippen molar-refractivity contribution in [2.45, 2.75) is 0 Å². The van der Waals surface area contributed by atoms with E-state index in [2.05, 4.69) is 5.10 Å². The van der Waals surface area contributed by atoms with Gasteiger partial charge < -0.3 is 5.73 Å². The van der Waals surface area contributed by atoms with Crippen molar-refractivity contribution in [2.24, 2.45) is 0 Å². The molecule has 1 aromatic heterocycles. The van der Waals surface area contributed by atoms with Crippen LogP contribution in [0, 0.1) is 17.1 Å². The van der Waals surface area contributed by atoms with Crippen molar-refractivity contribution in [2.75, 3.05) is 5.73 Å². The summed E-state index contributed by atoms with van der Waals surface area (Å²) in [6, 6.07) is 13.7. The molecule has 2 aromatic carbocycles. The molecule has 0 unspecified atom stereocenters. The first kappa shape index (κ1) is 12.9. The van der Waals surface area contributed by atoms with Gasteiger partial charge in [-0.25, -0.2) is 9.07 Å². The summed E-state index contributed by atoms with van der Waals surface area (Å²) in [5.74, 6) is -0.559. The first-order valence-corrected chi connectivity index (χ1v) is 6.28. The lowest BCUT2D eigenvalue weighted by atomic mass is 10.1. The lowest BCUT2D eigenvalue weighted by molar-refractivity contribution is 0.621. The van der Waals surface area contributed by atoms with Crippen LogP contribution in [0.5, 0.6) is 0 Å². The van der Waals surface area contributed by atoms with Gasteiger partial charge in [0.25, 0.3) is 0 Å². The number of rotatable bonds is 2. The molecule has 0 aliphatic carbocycles. The van der Waals surface area contributed by atoms with Crippen LogP contribution in [0.2, 0.25) is 0 Å². The molecule has 0 spiro atoms. The fourth-order valence-corrected chi connectivity index (χ4v) is 2.14. The van der Waals surface area contributed by atoms with Gasteiger partial charge in [0.1, 0.15) is 17.4 Å². The van der Waals surface area contributed by atoms with Crippen molar-refractivity contribution in [1.29, 1.82) is 5.26 Å². The molecule has 3 rings (SSSR count). The van der Waals surface area contributed by atoms with Crippen molar-refractivity contribution < 1.29 is 4.39 Å². The van der Waals surface area contributed by atoms with Gasteiger partial charge in [-0.15, -0.1) is 0 Å². The second-order valence-corrected chi connectivity index (χ2v) is 4.54. The van der Waals surface area contributed by atoms with Gasteiger partial charge in [0, 0.05) is 17.4 Å². The Morgan fingerprint density at radius 3 is 2.71 bits per heavy atom. The minimum Gasteiger partial charge on any atom is -0.399 e. The average Bonchev–Trinajstić information content (AvgIpc) is 2.96. The van der Waals surface area contributed by atoms with Gasteiger partial charge in [-0.05, 0) is 29.8 Å². The van der Waals surface area contributed by atoms with Crippen LogP contribution in [-0.4, -0.2) is 9.78 Å². The van der Waals surface area contributed by atoms with Crippen molar-refractivity contribution in [1.82, 2.24) is 9.78 Å². The standard InChI is InChI=1S/C16H11FN4/c17-15-5-2-6-16(14(15)8-18)21-10-12(9-20-21)11-3-1-4-13(19)7-11/h1-7,9-10H,19H2. The topological polar surface area (TPSA) is 67.6 Å². The molecule has 0 saturated heterocycles. The number of nitrogens with zero attached hydrogens (tertiary/aromatic N) is 3. The first-order chi connectivity index (χ1) is 10.2. The van der Waals surface area contributed by atoms with Gasteiger partial charge in [0.15, 0.2) is 0 Å². The Bertz CT molecular complexity index is 845. The van der Waals surface area contributed by atoms with Gasteiger partial charge in [-0.2, -0.15) is 10.4 Å².